The zero-order chi connectivity index (χ0) is 15.9. The van der Waals surface area contributed by atoms with Gasteiger partial charge in [0.05, 0.1) is 11.0 Å². The minimum Gasteiger partial charge on any atom is -0.480 e. The lowest BCUT2D eigenvalue weighted by molar-refractivity contribution is -0.142. The summed E-state index contributed by atoms with van der Waals surface area (Å²) in [6.45, 7) is 1.94. The van der Waals surface area contributed by atoms with E-state index >= 15 is 0 Å². The van der Waals surface area contributed by atoms with Crippen LogP contribution in [0.15, 0.2) is 0 Å². The second kappa shape index (κ2) is 8.36. The number of nitrogens with one attached hydrogen (secondary N) is 1. The molecule has 6 nitrogen and oxygen atoms in total. The van der Waals surface area contributed by atoms with Crippen molar-refractivity contribution in [3.63, 3.8) is 0 Å². The van der Waals surface area contributed by atoms with Crippen molar-refractivity contribution in [2.75, 3.05) is 5.75 Å². The van der Waals surface area contributed by atoms with Gasteiger partial charge in [-0.05, 0) is 19.3 Å². The van der Waals surface area contributed by atoms with Gasteiger partial charge in [0.25, 0.3) is 0 Å². The zero-order valence-electron chi connectivity index (χ0n) is 12.5. The Bertz CT molecular complexity index is 454. The fourth-order valence-corrected chi connectivity index (χ4v) is 4.44. The van der Waals surface area contributed by atoms with Gasteiger partial charge in [0.15, 0.2) is 9.84 Å². The number of rotatable bonds is 9. The zero-order valence-corrected chi connectivity index (χ0v) is 13.3. The molecule has 21 heavy (non-hydrogen) atoms. The lowest BCUT2D eigenvalue weighted by atomic mass is 10.1. The number of sulfone groups is 1. The number of carboxylic acid groups (broad SMARTS) is 1. The predicted octanol–water partition coefficient (Wildman–Crippen LogP) is 1.49. The molecule has 0 heterocycles. The van der Waals surface area contributed by atoms with Crippen molar-refractivity contribution in [3.05, 3.63) is 0 Å². The van der Waals surface area contributed by atoms with Gasteiger partial charge in [0.1, 0.15) is 6.04 Å². The summed E-state index contributed by atoms with van der Waals surface area (Å²) >= 11 is 0. The quantitative estimate of drug-likeness (QED) is 0.670. The van der Waals surface area contributed by atoms with E-state index in [9.17, 15) is 18.0 Å². The van der Waals surface area contributed by atoms with Gasteiger partial charge in [-0.3, -0.25) is 4.79 Å². The highest BCUT2D eigenvalue weighted by Gasteiger charge is 2.29. The molecule has 1 amide bonds. The van der Waals surface area contributed by atoms with Crippen LogP contribution in [0.4, 0.5) is 0 Å². The minimum absolute atomic E-state index is 0.158. The van der Waals surface area contributed by atoms with Crippen LogP contribution >= 0.6 is 0 Å². The normalized spacial score (nSPS) is 17.6. The third-order valence-corrected chi connectivity index (χ3v) is 6.16. The Morgan fingerprint density at radius 3 is 2.43 bits per heavy atom. The first-order valence-electron chi connectivity index (χ1n) is 7.60. The molecule has 1 fully saturated rings. The third kappa shape index (κ3) is 6.03. The first-order valence-corrected chi connectivity index (χ1v) is 9.32. The van der Waals surface area contributed by atoms with Gasteiger partial charge >= 0.3 is 5.97 Å². The van der Waals surface area contributed by atoms with Crippen LogP contribution in [-0.4, -0.2) is 42.4 Å². The lowest BCUT2D eigenvalue weighted by Gasteiger charge is -2.15. The largest absolute Gasteiger partial charge is 0.480 e. The first kappa shape index (κ1) is 17.9. The molecule has 122 valence electrons. The molecule has 1 rings (SSSR count). The second-order valence-electron chi connectivity index (χ2n) is 5.62. The van der Waals surface area contributed by atoms with E-state index in [2.05, 4.69) is 5.32 Å². The molecule has 2 N–H and O–H groups in total. The summed E-state index contributed by atoms with van der Waals surface area (Å²) < 4.78 is 24.1. The minimum atomic E-state index is -3.24. The van der Waals surface area contributed by atoms with Gasteiger partial charge in [-0.1, -0.05) is 32.6 Å². The maximum atomic E-state index is 12.0. The maximum absolute atomic E-state index is 12.0. The van der Waals surface area contributed by atoms with Crippen LogP contribution in [-0.2, 0) is 19.4 Å². The number of aliphatic carboxylic acids is 1. The number of carbonyl (C=O) groups excluding carboxylic acids is 1. The van der Waals surface area contributed by atoms with Crippen molar-refractivity contribution >= 4 is 21.7 Å². The smallest absolute Gasteiger partial charge is 0.326 e. The summed E-state index contributed by atoms with van der Waals surface area (Å²) in [6.07, 6.45) is 4.97. The maximum Gasteiger partial charge on any atom is 0.326 e. The number of hydrogen-bond donors (Lipinski definition) is 2. The third-order valence-electron chi connectivity index (χ3n) is 3.90. The molecule has 0 spiro atoms. The standard InChI is InChI=1S/C14H25NO5S/c1-2-3-8-12(14(17)18)15-13(16)9-10-21(19,20)11-6-4-5-7-11/h11-12H,2-10H2,1H3,(H,15,16)(H,17,18)/t12-/m0/s1. The fourth-order valence-electron chi connectivity index (χ4n) is 2.58. The number of unbranched alkanes of at least 4 members (excludes halogenated alkanes) is 1. The lowest BCUT2D eigenvalue weighted by Crippen LogP contribution is -2.41. The summed E-state index contributed by atoms with van der Waals surface area (Å²) in [5, 5.41) is 11.1. The molecule has 0 radical (unpaired) electrons. The molecular weight excluding hydrogens is 294 g/mol. The molecule has 7 heteroatoms. The molecule has 1 aliphatic carbocycles. The van der Waals surface area contributed by atoms with Crippen LogP contribution in [0.5, 0.6) is 0 Å². The Morgan fingerprint density at radius 1 is 1.29 bits per heavy atom. The van der Waals surface area contributed by atoms with Crippen LogP contribution in [0, 0.1) is 0 Å². The van der Waals surface area contributed by atoms with Gasteiger partial charge in [-0.25, -0.2) is 13.2 Å². The summed E-state index contributed by atoms with van der Waals surface area (Å²) in [5.41, 5.74) is 0. The Labute approximate surface area is 126 Å². The Kier molecular flexibility index (Phi) is 7.14. The molecule has 0 saturated heterocycles. The molecule has 0 aromatic carbocycles. The predicted molar refractivity (Wildman–Crippen MR) is 79.8 cm³/mol. The van der Waals surface area contributed by atoms with Crippen LogP contribution in [0.2, 0.25) is 0 Å². The SMILES string of the molecule is CCCC[C@H](NC(=O)CCS(=O)(=O)C1CCCC1)C(=O)O. The van der Waals surface area contributed by atoms with Crippen molar-refractivity contribution in [2.24, 2.45) is 0 Å². The van der Waals surface area contributed by atoms with E-state index in [0.717, 1.165) is 19.3 Å². The highest BCUT2D eigenvalue weighted by atomic mass is 32.2. The Morgan fingerprint density at radius 2 is 1.90 bits per heavy atom. The molecule has 1 atom stereocenters. The number of amides is 1. The van der Waals surface area contributed by atoms with E-state index in [0.29, 0.717) is 25.7 Å². The number of carboxylic acids is 1. The van der Waals surface area contributed by atoms with E-state index in [4.69, 9.17) is 5.11 Å². The molecule has 1 saturated carbocycles. The van der Waals surface area contributed by atoms with E-state index in [-0.39, 0.29) is 17.4 Å². The van der Waals surface area contributed by atoms with Crippen molar-refractivity contribution in [2.45, 2.75) is 69.6 Å². The van der Waals surface area contributed by atoms with E-state index in [1.807, 2.05) is 6.92 Å². The van der Waals surface area contributed by atoms with Crippen LogP contribution < -0.4 is 5.32 Å². The van der Waals surface area contributed by atoms with Gasteiger partial charge in [-0.15, -0.1) is 0 Å². The molecular formula is C14H25NO5S. The average Bonchev–Trinajstić information content (AvgIpc) is 2.96. The van der Waals surface area contributed by atoms with Crippen molar-refractivity contribution in [1.29, 1.82) is 0 Å². The molecule has 0 bridgehead atoms. The second-order valence-corrected chi connectivity index (χ2v) is 8.02. The summed E-state index contributed by atoms with van der Waals surface area (Å²) in [4.78, 5) is 22.8. The molecule has 0 aromatic rings. The van der Waals surface area contributed by atoms with Crippen molar-refractivity contribution < 1.29 is 23.1 Å². The Balaban J connectivity index is 2.43. The number of carbonyl (C=O) groups is 2. The van der Waals surface area contributed by atoms with E-state index < -0.39 is 27.8 Å². The van der Waals surface area contributed by atoms with Crippen molar-refractivity contribution in [3.8, 4) is 0 Å². The first-order chi connectivity index (χ1) is 9.86. The Hall–Kier alpha value is -1.11. The van der Waals surface area contributed by atoms with E-state index in [1.54, 1.807) is 0 Å². The van der Waals surface area contributed by atoms with Crippen LogP contribution in [0.3, 0.4) is 0 Å². The monoisotopic (exact) mass is 319 g/mol. The summed E-state index contributed by atoms with van der Waals surface area (Å²) in [5.74, 6) is -1.76. The topological polar surface area (TPSA) is 101 Å². The molecule has 0 aliphatic heterocycles. The van der Waals surface area contributed by atoms with Crippen molar-refractivity contribution in [1.82, 2.24) is 5.32 Å². The van der Waals surface area contributed by atoms with Gasteiger partial charge in [-0.2, -0.15) is 0 Å². The highest BCUT2D eigenvalue weighted by molar-refractivity contribution is 7.92. The van der Waals surface area contributed by atoms with Gasteiger partial charge in [0.2, 0.25) is 5.91 Å². The summed E-state index contributed by atoms with van der Waals surface area (Å²) in [7, 11) is -3.24. The average molecular weight is 319 g/mol. The molecule has 0 aromatic heterocycles. The van der Waals surface area contributed by atoms with Gasteiger partial charge < -0.3 is 10.4 Å². The van der Waals surface area contributed by atoms with Gasteiger partial charge in [0, 0.05) is 6.42 Å². The summed E-state index contributed by atoms with van der Waals surface area (Å²) in [6, 6.07) is -0.924. The molecule has 0 unspecified atom stereocenters. The molecule has 1 aliphatic rings. The van der Waals surface area contributed by atoms with Crippen LogP contribution in [0.25, 0.3) is 0 Å². The van der Waals surface area contributed by atoms with E-state index in [1.165, 1.54) is 0 Å². The fraction of sp³-hybridized carbons (Fsp3) is 0.857. The van der Waals surface area contributed by atoms with Crippen LogP contribution in [0.1, 0.15) is 58.3 Å². The number of hydrogen-bond acceptors (Lipinski definition) is 4. The highest BCUT2D eigenvalue weighted by Crippen LogP contribution is 2.25.